The molecule has 0 aliphatic carbocycles. The van der Waals surface area contributed by atoms with Crippen LogP contribution in [-0.2, 0) is 24.2 Å². The Balaban J connectivity index is 0. The molecule has 0 N–H and O–H groups in total. The second-order valence-corrected chi connectivity index (χ2v) is 2.87. The molecule has 11 heavy (non-hydrogen) atoms. The van der Waals surface area contributed by atoms with Crippen LogP contribution in [0.2, 0.25) is 0 Å². The minimum atomic E-state index is -0.528. The Bertz CT molecular complexity index is 113. The third kappa shape index (κ3) is 8.50. The average Bonchev–Trinajstić information content (AvgIpc) is 1.88. The van der Waals surface area contributed by atoms with Crippen molar-refractivity contribution in [1.29, 1.82) is 0 Å². The van der Waals surface area contributed by atoms with Gasteiger partial charge in [0.05, 0.1) is 6.61 Å². The van der Waals surface area contributed by atoms with Gasteiger partial charge in [0.15, 0.2) is 0 Å². The average molecular weight is 247 g/mol. The number of unbranched alkanes of at least 4 members (excludes halogenated alkanes) is 1. The van der Waals surface area contributed by atoms with Crippen molar-refractivity contribution < 1.29 is 29.0 Å². The zero-order chi connectivity index (χ0) is 7.98. The Hall–Kier alpha value is 0.593. The summed E-state index contributed by atoms with van der Waals surface area (Å²) in [5.74, 6) is 0. The summed E-state index contributed by atoms with van der Waals surface area (Å²) >= 11 is 7.24. The maximum Gasteiger partial charge on any atom is 0.429 e. The van der Waals surface area contributed by atoms with Gasteiger partial charge in [-0.15, -0.1) is 0 Å². The molecule has 0 bridgehead atoms. The second kappa shape index (κ2) is 8.69. The van der Waals surface area contributed by atoms with Crippen molar-refractivity contribution in [3.63, 3.8) is 0 Å². The molecule has 0 fully saturated rings. The molecule has 0 aliphatic heterocycles. The van der Waals surface area contributed by atoms with Gasteiger partial charge in [0.2, 0.25) is 0 Å². The Morgan fingerprint density at radius 1 is 1.55 bits per heavy atom. The van der Waals surface area contributed by atoms with Crippen LogP contribution in [0.15, 0.2) is 0 Å². The second-order valence-electron chi connectivity index (χ2n) is 1.76. The Morgan fingerprint density at radius 3 is 2.45 bits per heavy atom. The van der Waals surface area contributed by atoms with Crippen LogP contribution >= 0.6 is 25.6 Å². The molecule has 0 saturated heterocycles. The van der Waals surface area contributed by atoms with Crippen molar-refractivity contribution in [3.05, 3.63) is 0 Å². The van der Waals surface area contributed by atoms with E-state index in [0.29, 0.717) is 6.61 Å². The van der Waals surface area contributed by atoms with Crippen molar-refractivity contribution in [2.45, 2.75) is 19.8 Å². The molecule has 0 radical (unpaired) electrons. The van der Waals surface area contributed by atoms with Crippen LogP contribution in [0.5, 0.6) is 0 Å². The van der Waals surface area contributed by atoms with Gasteiger partial charge < -0.3 is 4.74 Å². The van der Waals surface area contributed by atoms with E-state index in [4.69, 9.17) is 0 Å². The first kappa shape index (κ1) is 14.1. The van der Waals surface area contributed by atoms with Crippen LogP contribution in [0.4, 0.5) is 4.79 Å². The van der Waals surface area contributed by atoms with Gasteiger partial charge in [-0.2, -0.15) is 3.71 Å². The van der Waals surface area contributed by atoms with Crippen LogP contribution in [0.25, 0.3) is 0 Å². The Kier molecular flexibility index (Phi) is 11.2. The minimum Gasteiger partial charge on any atom is -0.448 e. The minimum absolute atomic E-state index is 0. The summed E-state index contributed by atoms with van der Waals surface area (Å²) in [4.78, 5) is 10.6. The van der Waals surface area contributed by atoms with Crippen molar-refractivity contribution >= 4 is 31.7 Å². The summed E-state index contributed by atoms with van der Waals surface area (Å²) in [7, 11) is 0. The van der Waals surface area contributed by atoms with Crippen molar-refractivity contribution in [3.8, 4) is 0 Å². The fourth-order valence-corrected chi connectivity index (χ4v) is 0.477. The van der Waals surface area contributed by atoms with E-state index in [1.165, 1.54) is 0 Å². The quantitative estimate of drug-likeness (QED) is 0.453. The van der Waals surface area contributed by atoms with Gasteiger partial charge in [-0.05, 0) is 32.1 Å². The SMILES string of the molecule is CCCCOC(=O)N(S)S.[Zn]. The van der Waals surface area contributed by atoms with E-state index in [-0.39, 0.29) is 19.5 Å². The van der Waals surface area contributed by atoms with Crippen LogP contribution in [0.3, 0.4) is 0 Å². The molecule has 0 unspecified atom stereocenters. The van der Waals surface area contributed by atoms with E-state index in [0.717, 1.165) is 16.6 Å². The van der Waals surface area contributed by atoms with E-state index in [1.807, 2.05) is 6.92 Å². The van der Waals surface area contributed by atoms with E-state index < -0.39 is 6.09 Å². The zero-order valence-electron chi connectivity index (χ0n) is 6.49. The smallest absolute Gasteiger partial charge is 0.429 e. The summed E-state index contributed by atoms with van der Waals surface area (Å²) in [6, 6.07) is 0. The molecule has 0 aromatic rings. The number of nitrogens with zero attached hydrogens (tertiary/aromatic N) is 1. The predicted molar refractivity (Wildman–Crippen MR) is 46.1 cm³/mol. The predicted octanol–water partition coefficient (Wildman–Crippen LogP) is 1.91. The fourth-order valence-electron chi connectivity index (χ4n) is 0.362. The van der Waals surface area contributed by atoms with Gasteiger partial charge in [-0.3, -0.25) is 0 Å². The molecule has 0 atom stereocenters. The van der Waals surface area contributed by atoms with Gasteiger partial charge >= 0.3 is 6.09 Å². The summed E-state index contributed by atoms with van der Waals surface area (Å²) in [6.45, 7) is 2.46. The number of carbonyl (C=O) groups is 1. The van der Waals surface area contributed by atoms with Crippen LogP contribution in [0, 0.1) is 0 Å². The first-order chi connectivity index (χ1) is 4.68. The third-order valence-corrected chi connectivity index (χ3v) is 1.21. The summed E-state index contributed by atoms with van der Waals surface area (Å²) in [5, 5.41) is 0. The van der Waals surface area contributed by atoms with Crippen LogP contribution in [-0.4, -0.2) is 16.4 Å². The number of hydrogen-bond acceptors (Lipinski definition) is 4. The van der Waals surface area contributed by atoms with Gasteiger partial charge in [0.1, 0.15) is 0 Å². The van der Waals surface area contributed by atoms with Crippen molar-refractivity contribution in [1.82, 2.24) is 3.71 Å². The summed E-state index contributed by atoms with van der Waals surface area (Å²) in [6.07, 6.45) is 1.35. The molecule has 0 rings (SSSR count). The molecule has 0 spiro atoms. The van der Waals surface area contributed by atoms with Crippen molar-refractivity contribution in [2.75, 3.05) is 6.61 Å². The van der Waals surface area contributed by atoms with Gasteiger partial charge in [-0.1, -0.05) is 13.3 Å². The maximum atomic E-state index is 10.6. The first-order valence-electron chi connectivity index (χ1n) is 3.03. The van der Waals surface area contributed by atoms with Crippen LogP contribution in [0.1, 0.15) is 19.8 Å². The Morgan fingerprint density at radius 2 is 2.09 bits per heavy atom. The van der Waals surface area contributed by atoms with E-state index in [9.17, 15) is 4.79 Å². The van der Waals surface area contributed by atoms with Gasteiger partial charge in [0.25, 0.3) is 0 Å². The number of thiol groups is 2. The molecular formula is C5H11NO2S2Zn. The number of carbonyl (C=O) groups excluding carboxylic acids is 1. The molecule has 62 valence electrons. The fraction of sp³-hybridized carbons (Fsp3) is 0.800. The molecular weight excluding hydrogens is 236 g/mol. The standard InChI is InChI=1S/C5H11NO2S2.Zn/c1-2-3-4-8-5(7)6(9)10;/h9-10H,2-4H2,1H3;. The summed E-state index contributed by atoms with van der Waals surface area (Å²) in [5.41, 5.74) is 0. The van der Waals surface area contributed by atoms with Crippen LogP contribution < -0.4 is 0 Å². The largest absolute Gasteiger partial charge is 0.448 e. The molecule has 1 amide bonds. The molecule has 6 heteroatoms. The number of hydrogen-bond donors (Lipinski definition) is 2. The zero-order valence-corrected chi connectivity index (χ0v) is 11.2. The molecule has 0 aromatic heterocycles. The third-order valence-electron chi connectivity index (χ3n) is 0.887. The Labute approximate surface area is 90.7 Å². The molecule has 0 aromatic carbocycles. The number of ether oxygens (including phenoxy) is 1. The van der Waals surface area contributed by atoms with E-state index >= 15 is 0 Å². The van der Waals surface area contributed by atoms with E-state index in [1.54, 1.807) is 0 Å². The number of amides is 1. The molecule has 0 aliphatic rings. The maximum absolute atomic E-state index is 10.6. The monoisotopic (exact) mass is 245 g/mol. The molecule has 0 saturated carbocycles. The van der Waals surface area contributed by atoms with E-state index in [2.05, 4.69) is 30.4 Å². The summed E-state index contributed by atoms with van der Waals surface area (Å²) < 4.78 is 5.49. The number of rotatable bonds is 3. The topological polar surface area (TPSA) is 29.5 Å². The first-order valence-corrected chi connectivity index (χ1v) is 3.83. The normalized spacial score (nSPS) is 8.27. The van der Waals surface area contributed by atoms with Gasteiger partial charge in [-0.25, -0.2) is 4.79 Å². The molecule has 3 nitrogen and oxygen atoms in total. The van der Waals surface area contributed by atoms with Gasteiger partial charge in [0, 0.05) is 19.5 Å². The van der Waals surface area contributed by atoms with Crippen molar-refractivity contribution in [2.24, 2.45) is 0 Å². The molecule has 0 heterocycles.